The molecule has 0 unspecified atom stereocenters. The predicted molar refractivity (Wildman–Crippen MR) is 54.5 cm³/mol. The van der Waals surface area contributed by atoms with Crippen LogP contribution in [0, 0.1) is 0 Å². The molecule has 13 heavy (non-hydrogen) atoms. The monoisotopic (exact) mass is 184 g/mol. The maximum absolute atomic E-state index is 10.5. The molecule has 0 saturated heterocycles. The Morgan fingerprint density at radius 3 is 2.54 bits per heavy atom. The SMILES string of the molecule is CCCCCCC(C=O)=COCC. The number of aldehydes is 1. The van der Waals surface area contributed by atoms with E-state index in [0.29, 0.717) is 6.61 Å². The van der Waals surface area contributed by atoms with Gasteiger partial charge in [0.2, 0.25) is 0 Å². The number of carbonyl (C=O) groups is 1. The Labute approximate surface area is 81.0 Å². The first-order valence-electron chi connectivity index (χ1n) is 5.11. The molecule has 76 valence electrons. The molecule has 0 aromatic carbocycles. The molecule has 0 N–H and O–H groups in total. The van der Waals surface area contributed by atoms with Gasteiger partial charge in [0.1, 0.15) is 6.29 Å². The summed E-state index contributed by atoms with van der Waals surface area (Å²) in [6, 6.07) is 0. The Morgan fingerprint density at radius 2 is 2.00 bits per heavy atom. The largest absolute Gasteiger partial charge is 0.501 e. The highest BCUT2D eigenvalue weighted by Crippen LogP contribution is 2.08. The van der Waals surface area contributed by atoms with Crippen molar-refractivity contribution in [1.29, 1.82) is 0 Å². The van der Waals surface area contributed by atoms with Crippen LogP contribution in [-0.2, 0) is 9.53 Å². The van der Waals surface area contributed by atoms with E-state index in [1.807, 2.05) is 6.92 Å². The Kier molecular flexibility index (Phi) is 8.73. The van der Waals surface area contributed by atoms with Crippen LogP contribution in [0.3, 0.4) is 0 Å². The van der Waals surface area contributed by atoms with Crippen LogP contribution >= 0.6 is 0 Å². The summed E-state index contributed by atoms with van der Waals surface area (Å²) >= 11 is 0. The lowest BCUT2D eigenvalue weighted by Crippen LogP contribution is -1.89. The summed E-state index contributed by atoms with van der Waals surface area (Å²) in [6.45, 7) is 4.72. The average Bonchev–Trinajstić information content (AvgIpc) is 2.17. The van der Waals surface area contributed by atoms with E-state index in [0.717, 1.165) is 24.7 Å². The van der Waals surface area contributed by atoms with Crippen molar-refractivity contribution in [3.8, 4) is 0 Å². The highest BCUT2D eigenvalue weighted by Gasteiger charge is 1.95. The van der Waals surface area contributed by atoms with E-state index in [1.165, 1.54) is 19.3 Å². The summed E-state index contributed by atoms with van der Waals surface area (Å²) in [5.41, 5.74) is 0.776. The van der Waals surface area contributed by atoms with Crippen LogP contribution in [-0.4, -0.2) is 12.9 Å². The number of rotatable bonds is 8. The predicted octanol–water partition coefficient (Wildman–Crippen LogP) is 3.08. The van der Waals surface area contributed by atoms with Gasteiger partial charge in [-0.3, -0.25) is 4.79 Å². The second kappa shape index (κ2) is 9.30. The van der Waals surface area contributed by atoms with E-state index in [9.17, 15) is 4.79 Å². The molecule has 0 atom stereocenters. The normalized spacial score (nSPS) is 11.4. The molecular formula is C11H20O2. The van der Waals surface area contributed by atoms with E-state index in [2.05, 4.69) is 6.92 Å². The fourth-order valence-electron chi connectivity index (χ4n) is 1.09. The molecular weight excluding hydrogens is 164 g/mol. The third-order valence-electron chi connectivity index (χ3n) is 1.87. The first-order chi connectivity index (χ1) is 6.35. The molecule has 0 heterocycles. The molecule has 0 aromatic heterocycles. The topological polar surface area (TPSA) is 26.3 Å². The highest BCUT2D eigenvalue weighted by atomic mass is 16.5. The summed E-state index contributed by atoms with van der Waals surface area (Å²) in [5.74, 6) is 0. The third-order valence-corrected chi connectivity index (χ3v) is 1.87. The van der Waals surface area contributed by atoms with E-state index in [4.69, 9.17) is 4.74 Å². The van der Waals surface area contributed by atoms with Crippen molar-refractivity contribution in [2.45, 2.75) is 46.0 Å². The number of unbranched alkanes of at least 4 members (excludes halogenated alkanes) is 3. The number of allylic oxidation sites excluding steroid dienone is 1. The smallest absolute Gasteiger partial charge is 0.149 e. The zero-order valence-electron chi connectivity index (χ0n) is 8.71. The molecule has 0 amide bonds. The number of hydrogen-bond donors (Lipinski definition) is 0. The van der Waals surface area contributed by atoms with Crippen molar-refractivity contribution in [3.63, 3.8) is 0 Å². The van der Waals surface area contributed by atoms with Gasteiger partial charge >= 0.3 is 0 Å². The molecule has 0 saturated carbocycles. The van der Waals surface area contributed by atoms with Crippen molar-refractivity contribution < 1.29 is 9.53 Å². The zero-order chi connectivity index (χ0) is 9.94. The molecule has 0 aliphatic rings. The van der Waals surface area contributed by atoms with Crippen molar-refractivity contribution >= 4 is 6.29 Å². The molecule has 0 bridgehead atoms. The van der Waals surface area contributed by atoms with Gasteiger partial charge in [-0.2, -0.15) is 0 Å². The molecule has 2 heteroatoms. The standard InChI is InChI=1S/C11H20O2/c1-3-5-6-7-8-11(9-12)10-13-4-2/h9-10H,3-8H2,1-2H3. The van der Waals surface area contributed by atoms with Crippen LogP contribution < -0.4 is 0 Å². The van der Waals surface area contributed by atoms with Crippen LogP contribution in [0.1, 0.15) is 46.0 Å². The molecule has 0 radical (unpaired) electrons. The number of hydrogen-bond acceptors (Lipinski definition) is 2. The van der Waals surface area contributed by atoms with Crippen molar-refractivity contribution in [2.75, 3.05) is 6.61 Å². The Balaban J connectivity index is 3.53. The minimum Gasteiger partial charge on any atom is -0.501 e. The number of carbonyl (C=O) groups excluding carboxylic acids is 1. The van der Waals surface area contributed by atoms with E-state index in [-0.39, 0.29) is 0 Å². The fourth-order valence-corrected chi connectivity index (χ4v) is 1.09. The van der Waals surface area contributed by atoms with Gasteiger partial charge in [-0.1, -0.05) is 26.2 Å². The summed E-state index contributed by atoms with van der Waals surface area (Å²) in [4.78, 5) is 10.5. The van der Waals surface area contributed by atoms with Crippen LogP contribution in [0.5, 0.6) is 0 Å². The molecule has 0 rings (SSSR count). The Hall–Kier alpha value is -0.790. The Bertz CT molecular complexity index is 150. The molecule has 0 spiro atoms. The first-order valence-corrected chi connectivity index (χ1v) is 5.11. The maximum atomic E-state index is 10.5. The molecule has 0 aliphatic carbocycles. The lowest BCUT2D eigenvalue weighted by molar-refractivity contribution is -0.105. The molecule has 0 fully saturated rings. The van der Waals surface area contributed by atoms with E-state index < -0.39 is 0 Å². The van der Waals surface area contributed by atoms with Crippen LogP contribution in [0.15, 0.2) is 11.8 Å². The fraction of sp³-hybridized carbons (Fsp3) is 0.727. The van der Waals surface area contributed by atoms with E-state index in [1.54, 1.807) is 6.26 Å². The lowest BCUT2D eigenvalue weighted by Gasteiger charge is -2.00. The van der Waals surface area contributed by atoms with Gasteiger partial charge < -0.3 is 4.74 Å². The van der Waals surface area contributed by atoms with Gasteiger partial charge in [-0.25, -0.2) is 0 Å². The van der Waals surface area contributed by atoms with Gasteiger partial charge in [-0.15, -0.1) is 0 Å². The van der Waals surface area contributed by atoms with Gasteiger partial charge in [0.15, 0.2) is 0 Å². The van der Waals surface area contributed by atoms with Gasteiger partial charge in [0, 0.05) is 5.57 Å². The second-order valence-corrected chi connectivity index (χ2v) is 3.08. The van der Waals surface area contributed by atoms with Crippen molar-refractivity contribution in [2.24, 2.45) is 0 Å². The van der Waals surface area contributed by atoms with Crippen LogP contribution in [0.4, 0.5) is 0 Å². The quantitative estimate of drug-likeness (QED) is 0.251. The minimum absolute atomic E-state index is 0.631. The molecule has 2 nitrogen and oxygen atoms in total. The second-order valence-electron chi connectivity index (χ2n) is 3.08. The zero-order valence-corrected chi connectivity index (χ0v) is 8.71. The van der Waals surface area contributed by atoms with E-state index >= 15 is 0 Å². The summed E-state index contributed by atoms with van der Waals surface area (Å²) in [7, 11) is 0. The minimum atomic E-state index is 0.631. The van der Waals surface area contributed by atoms with Crippen molar-refractivity contribution in [1.82, 2.24) is 0 Å². The Morgan fingerprint density at radius 1 is 1.23 bits per heavy atom. The van der Waals surface area contributed by atoms with Gasteiger partial charge in [-0.05, 0) is 19.8 Å². The maximum Gasteiger partial charge on any atom is 0.149 e. The molecule has 0 aromatic rings. The molecule has 0 aliphatic heterocycles. The average molecular weight is 184 g/mol. The first kappa shape index (κ1) is 12.2. The van der Waals surface area contributed by atoms with Gasteiger partial charge in [0.05, 0.1) is 12.9 Å². The lowest BCUT2D eigenvalue weighted by atomic mass is 10.1. The van der Waals surface area contributed by atoms with Crippen molar-refractivity contribution in [3.05, 3.63) is 11.8 Å². The van der Waals surface area contributed by atoms with Crippen LogP contribution in [0.2, 0.25) is 0 Å². The van der Waals surface area contributed by atoms with Gasteiger partial charge in [0.25, 0.3) is 0 Å². The third kappa shape index (κ3) is 7.57. The summed E-state index contributed by atoms with van der Waals surface area (Å²) in [6.07, 6.45) is 8.09. The number of ether oxygens (including phenoxy) is 1. The van der Waals surface area contributed by atoms with Crippen LogP contribution in [0.25, 0.3) is 0 Å². The summed E-state index contributed by atoms with van der Waals surface area (Å²) < 4.78 is 5.05. The highest BCUT2D eigenvalue weighted by molar-refractivity contribution is 5.72. The summed E-state index contributed by atoms with van der Waals surface area (Å²) in [5, 5.41) is 0.